The summed E-state index contributed by atoms with van der Waals surface area (Å²) in [5.41, 5.74) is 2.57. The highest BCUT2D eigenvalue weighted by Gasteiger charge is 2.26. The monoisotopic (exact) mass is 545 g/mol. The van der Waals surface area contributed by atoms with Gasteiger partial charge in [-0.1, -0.05) is 43.8 Å². The van der Waals surface area contributed by atoms with Crippen LogP contribution in [0.1, 0.15) is 79.8 Å². The number of rotatable bonds is 8. The lowest BCUT2D eigenvalue weighted by Crippen LogP contribution is -2.50. The van der Waals surface area contributed by atoms with E-state index in [-0.39, 0.29) is 17.4 Å². The van der Waals surface area contributed by atoms with E-state index in [1.54, 1.807) is 4.57 Å². The van der Waals surface area contributed by atoms with Crippen molar-refractivity contribution < 1.29 is 14.6 Å². The van der Waals surface area contributed by atoms with Gasteiger partial charge in [-0.05, 0) is 80.1 Å². The topological polar surface area (TPSA) is 83.8 Å². The standard InChI is InChI=1S/C33H43N3O4/c1-4-24(25-7-9-26(10-8-25)27-11-12-27)21-29-23(3)36(16-15-35-17-19-40-20-18-35)33(39)30(31(29)37)32(38)34-28-13-5-22(2)6-14-28/h4,7-10,21-22,27-28,37H,3,5-6,11-20H2,1-2H3,(H,34,38)/b24-4+,29-21+. The molecule has 2 aliphatic carbocycles. The van der Waals surface area contributed by atoms with Crippen LogP contribution in [0.25, 0.3) is 18.2 Å². The van der Waals surface area contributed by atoms with Gasteiger partial charge in [-0.2, -0.15) is 0 Å². The Morgan fingerprint density at radius 3 is 2.38 bits per heavy atom. The first-order chi connectivity index (χ1) is 19.4. The van der Waals surface area contributed by atoms with Gasteiger partial charge in [0.1, 0.15) is 11.3 Å². The summed E-state index contributed by atoms with van der Waals surface area (Å²) in [6.45, 7) is 12.3. The zero-order valence-corrected chi connectivity index (χ0v) is 24.0. The van der Waals surface area contributed by atoms with Gasteiger partial charge in [-0.15, -0.1) is 0 Å². The fraction of sp³-hybridized carbons (Fsp3) is 0.515. The second-order valence-corrected chi connectivity index (χ2v) is 11.7. The zero-order valence-electron chi connectivity index (χ0n) is 24.0. The molecule has 214 valence electrons. The van der Waals surface area contributed by atoms with Crippen molar-refractivity contribution in [3.63, 3.8) is 0 Å². The minimum atomic E-state index is -0.507. The Morgan fingerprint density at radius 1 is 1.07 bits per heavy atom. The van der Waals surface area contributed by atoms with Crippen LogP contribution in [0.2, 0.25) is 0 Å². The first-order valence-corrected chi connectivity index (χ1v) is 14.9. The molecule has 2 aromatic rings. The van der Waals surface area contributed by atoms with Gasteiger partial charge in [0.25, 0.3) is 11.5 Å². The van der Waals surface area contributed by atoms with Crippen molar-refractivity contribution in [1.29, 1.82) is 0 Å². The van der Waals surface area contributed by atoms with Crippen LogP contribution in [-0.2, 0) is 11.3 Å². The Labute approximate surface area is 236 Å². The number of allylic oxidation sites excluding steroid dienone is 2. The Balaban J connectivity index is 1.53. The smallest absolute Gasteiger partial charge is 0.267 e. The Bertz CT molecular complexity index is 1410. The van der Waals surface area contributed by atoms with E-state index in [0.717, 1.165) is 49.9 Å². The lowest BCUT2D eigenvalue weighted by Gasteiger charge is -2.27. The maximum absolute atomic E-state index is 13.7. The van der Waals surface area contributed by atoms with Crippen LogP contribution in [0.4, 0.5) is 0 Å². The molecule has 7 nitrogen and oxygen atoms in total. The lowest BCUT2D eigenvalue weighted by atomic mass is 9.87. The Kier molecular flexibility index (Phi) is 8.91. The van der Waals surface area contributed by atoms with Crippen molar-refractivity contribution in [2.45, 2.75) is 70.9 Å². The number of ether oxygens (including phenoxy) is 1. The Morgan fingerprint density at radius 2 is 1.75 bits per heavy atom. The van der Waals surface area contributed by atoms with E-state index in [9.17, 15) is 14.7 Å². The molecule has 40 heavy (non-hydrogen) atoms. The highest BCUT2D eigenvalue weighted by Crippen LogP contribution is 2.40. The van der Waals surface area contributed by atoms with Crippen LogP contribution < -0.4 is 21.4 Å². The van der Waals surface area contributed by atoms with Crippen LogP contribution >= 0.6 is 0 Å². The minimum Gasteiger partial charge on any atom is -0.506 e. The normalized spacial score (nSPS) is 22.9. The van der Waals surface area contributed by atoms with Gasteiger partial charge >= 0.3 is 0 Å². The molecule has 3 aliphatic rings. The van der Waals surface area contributed by atoms with E-state index in [4.69, 9.17) is 4.74 Å². The summed E-state index contributed by atoms with van der Waals surface area (Å²) in [6.07, 6.45) is 10.2. The third-order valence-corrected chi connectivity index (χ3v) is 8.81. The van der Waals surface area contributed by atoms with Gasteiger partial charge < -0.3 is 19.7 Å². The van der Waals surface area contributed by atoms with E-state index in [2.05, 4.69) is 48.0 Å². The number of pyridine rings is 1. The molecular weight excluding hydrogens is 502 g/mol. The molecule has 3 fully saturated rings. The lowest BCUT2D eigenvalue weighted by molar-refractivity contribution is 0.0361. The summed E-state index contributed by atoms with van der Waals surface area (Å²) < 4.78 is 7.02. The van der Waals surface area contributed by atoms with Crippen molar-refractivity contribution in [2.24, 2.45) is 5.92 Å². The minimum absolute atomic E-state index is 0.00670. The molecule has 1 saturated heterocycles. The number of aromatic nitrogens is 1. The molecule has 1 aliphatic heterocycles. The number of aromatic hydroxyl groups is 1. The van der Waals surface area contributed by atoms with E-state index < -0.39 is 11.5 Å². The maximum atomic E-state index is 13.7. The number of benzene rings is 1. The number of hydrogen-bond acceptors (Lipinski definition) is 5. The molecule has 1 aromatic heterocycles. The highest BCUT2D eigenvalue weighted by molar-refractivity contribution is 5.97. The molecule has 7 heteroatoms. The van der Waals surface area contributed by atoms with Crippen molar-refractivity contribution in [2.75, 3.05) is 32.8 Å². The van der Waals surface area contributed by atoms with Gasteiger partial charge in [-0.25, -0.2) is 0 Å². The van der Waals surface area contributed by atoms with Gasteiger partial charge in [0.05, 0.1) is 13.2 Å². The third kappa shape index (κ3) is 6.42. The fourth-order valence-electron chi connectivity index (χ4n) is 5.95. The summed E-state index contributed by atoms with van der Waals surface area (Å²) >= 11 is 0. The fourth-order valence-corrected chi connectivity index (χ4v) is 5.95. The van der Waals surface area contributed by atoms with E-state index in [1.165, 1.54) is 18.4 Å². The molecule has 2 saturated carbocycles. The Hall–Kier alpha value is -3.16. The molecule has 0 unspecified atom stereocenters. The van der Waals surface area contributed by atoms with Crippen molar-refractivity contribution in [1.82, 2.24) is 14.8 Å². The SMILES string of the molecule is C=c1/c(=C\C(=C/C)c2ccc(C3CC3)cc2)c(O)c(C(=O)NC2CCC(C)CC2)c(=O)n1CCN1CCOCC1. The number of morpholine rings is 1. The van der Waals surface area contributed by atoms with Crippen LogP contribution in [-0.4, -0.2) is 59.4 Å². The quantitative estimate of drug-likeness (QED) is 0.532. The molecule has 0 atom stereocenters. The second kappa shape index (κ2) is 12.6. The van der Waals surface area contributed by atoms with Crippen LogP contribution in [0.5, 0.6) is 5.75 Å². The van der Waals surface area contributed by atoms with Crippen LogP contribution in [0, 0.1) is 5.92 Å². The molecule has 5 rings (SSSR count). The number of hydrogen-bond donors (Lipinski definition) is 2. The predicted octanol–water partition coefficient (Wildman–Crippen LogP) is 3.37. The number of amides is 1. The number of nitrogens with one attached hydrogen (secondary N) is 1. The summed E-state index contributed by atoms with van der Waals surface area (Å²) in [5, 5.41) is 15.3. The second-order valence-electron chi connectivity index (χ2n) is 11.7. The number of carbonyl (C=O) groups is 1. The average Bonchev–Trinajstić information content (AvgIpc) is 3.81. The molecule has 1 amide bonds. The molecule has 2 N–H and O–H groups in total. The highest BCUT2D eigenvalue weighted by atomic mass is 16.5. The molecule has 2 heterocycles. The van der Waals surface area contributed by atoms with Crippen molar-refractivity contribution in [3.05, 3.63) is 68.0 Å². The zero-order chi connectivity index (χ0) is 28.2. The third-order valence-electron chi connectivity index (χ3n) is 8.81. The first kappa shape index (κ1) is 28.4. The summed E-state index contributed by atoms with van der Waals surface area (Å²) in [4.78, 5) is 29.5. The summed E-state index contributed by atoms with van der Waals surface area (Å²) in [7, 11) is 0. The van der Waals surface area contributed by atoms with Gasteiger partial charge in [0.15, 0.2) is 0 Å². The van der Waals surface area contributed by atoms with Crippen LogP contribution in [0.15, 0.2) is 35.1 Å². The largest absolute Gasteiger partial charge is 0.506 e. The van der Waals surface area contributed by atoms with E-state index in [0.29, 0.717) is 48.7 Å². The molecular formula is C33H43N3O4. The average molecular weight is 546 g/mol. The van der Waals surface area contributed by atoms with Gasteiger partial charge in [-0.3, -0.25) is 14.5 Å². The van der Waals surface area contributed by atoms with Crippen molar-refractivity contribution >= 4 is 24.1 Å². The van der Waals surface area contributed by atoms with E-state index >= 15 is 0 Å². The number of nitrogens with zero attached hydrogens (tertiary/aromatic N) is 2. The van der Waals surface area contributed by atoms with Crippen LogP contribution in [0.3, 0.4) is 0 Å². The molecule has 0 radical (unpaired) electrons. The maximum Gasteiger partial charge on any atom is 0.267 e. The predicted molar refractivity (Wildman–Crippen MR) is 160 cm³/mol. The molecule has 0 spiro atoms. The van der Waals surface area contributed by atoms with E-state index in [1.807, 2.05) is 19.1 Å². The molecule has 0 bridgehead atoms. The van der Waals surface area contributed by atoms with Gasteiger partial charge in [0.2, 0.25) is 0 Å². The molecule has 1 aromatic carbocycles. The van der Waals surface area contributed by atoms with Gasteiger partial charge in [0, 0.05) is 42.8 Å². The number of carbonyl (C=O) groups excluding carboxylic acids is 1. The van der Waals surface area contributed by atoms with Crippen molar-refractivity contribution in [3.8, 4) is 5.75 Å². The first-order valence-electron chi connectivity index (χ1n) is 14.9. The summed E-state index contributed by atoms with van der Waals surface area (Å²) in [6, 6.07) is 8.55. The summed E-state index contributed by atoms with van der Waals surface area (Å²) in [5.74, 6) is 0.509.